The van der Waals surface area contributed by atoms with Crippen molar-refractivity contribution in [3.05, 3.63) is 24.9 Å². The van der Waals surface area contributed by atoms with Gasteiger partial charge in [-0.1, -0.05) is 19.9 Å². The van der Waals surface area contributed by atoms with E-state index in [1.54, 1.807) is 4.90 Å². The van der Waals surface area contributed by atoms with Gasteiger partial charge in [0.15, 0.2) is 0 Å². The van der Waals surface area contributed by atoms with Crippen molar-refractivity contribution in [1.82, 2.24) is 19.7 Å². The molecule has 1 rings (SSSR count). The minimum absolute atomic E-state index is 0.202. The molecule has 1 aromatic heterocycles. The molecule has 1 heterocycles. The van der Waals surface area contributed by atoms with Crippen molar-refractivity contribution >= 4 is 6.03 Å². The Balaban J connectivity index is 2.96. The van der Waals surface area contributed by atoms with Crippen LogP contribution in [0.2, 0.25) is 0 Å². The standard InChI is InChI=1S/C12H20N4O/c1-10(2)6-7-15(12(3,4)5)11(17)16-9-13-8-14-16/h6-10H,1-5H3/b7-6+. The van der Waals surface area contributed by atoms with Crippen molar-refractivity contribution in [1.29, 1.82) is 0 Å². The minimum Gasteiger partial charge on any atom is -0.294 e. The Morgan fingerprint density at radius 1 is 1.41 bits per heavy atom. The van der Waals surface area contributed by atoms with Crippen molar-refractivity contribution in [2.75, 3.05) is 0 Å². The Labute approximate surface area is 102 Å². The summed E-state index contributed by atoms with van der Waals surface area (Å²) in [5.74, 6) is 0.392. The highest BCUT2D eigenvalue weighted by Gasteiger charge is 2.26. The Hall–Kier alpha value is -1.65. The van der Waals surface area contributed by atoms with Crippen molar-refractivity contribution in [2.24, 2.45) is 5.92 Å². The van der Waals surface area contributed by atoms with Crippen LogP contribution in [0, 0.1) is 5.92 Å². The summed E-state index contributed by atoms with van der Waals surface area (Å²) < 4.78 is 1.23. The summed E-state index contributed by atoms with van der Waals surface area (Å²) >= 11 is 0. The third kappa shape index (κ3) is 3.69. The van der Waals surface area contributed by atoms with Crippen LogP contribution in [0.4, 0.5) is 4.79 Å². The van der Waals surface area contributed by atoms with Gasteiger partial charge in [-0.05, 0) is 26.7 Å². The van der Waals surface area contributed by atoms with E-state index in [0.717, 1.165) is 0 Å². The predicted octanol–water partition coefficient (Wildman–Crippen LogP) is 2.52. The van der Waals surface area contributed by atoms with E-state index in [2.05, 4.69) is 23.9 Å². The number of aromatic nitrogens is 3. The maximum Gasteiger partial charge on any atom is 0.350 e. The van der Waals surface area contributed by atoms with Gasteiger partial charge in [0.05, 0.1) is 0 Å². The number of carbonyl (C=O) groups excluding carboxylic acids is 1. The van der Waals surface area contributed by atoms with Gasteiger partial charge >= 0.3 is 6.03 Å². The molecule has 0 aliphatic carbocycles. The van der Waals surface area contributed by atoms with Gasteiger partial charge in [-0.3, -0.25) is 4.90 Å². The summed E-state index contributed by atoms with van der Waals surface area (Å²) in [7, 11) is 0. The quantitative estimate of drug-likeness (QED) is 0.792. The molecule has 0 spiro atoms. The number of hydrogen-bond donors (Lipinski definition) is 0. The molecule has 0 radical (unpaired) electrons. The highest BCUT2D eigenvalue weighted by Crippen LogP contribution is 2.16. The van der Waals surface area contributed by atoms with E-state index in [-0.39, 0.29) is 11.6 Å². The van der Waals surface area contributed by atoms with Gasteiger partial charge in [-0.2, -0.15) is 9.78 Å². The molecule has 1 aromatic rings. The highest BCUT2D eigenvalue weighted by molar-refractivity contribution is 5.77. The molecule has 5 nitrogen and oxygen atoms in total. The molecule has 5 heteroatoms. The topological polar surface area (TPSA) is 51.0 Å². The molecule has 0 atom stereocenters. The molecule has 0 aromatic carbocycles. The highest BCUT2D eigenvalue weighted by atomic mass is 16.2. The van der Waals surface area contributed by atoms with Crippen LogP contribution in [0.5, 0.6) is 0 Å². The molecule has 1 amide bonds. The van der Waals surface area contributed by atoms with Crippen LogP contribution in [0.3, 0.4) is 0 Å². The molecule has 0 fully saturated rings. The second-order valence-electron chi connectivity index (χ2n) is 5.25. The Kier molecular flexibility index (Phi) is 4.04. The summed E-state index contributed by atoms with van der Waals surface area (Å²) in [6, 6.07) is -0.202. The van der Waals surface area contributed by atoms with E-state index in [9.17, 15) is 4.79 Å². The van der Waals surface area contributed by atoms with E-state index >= 15 is 0 Å². The molecule has 94 valence electrons. The first-order valence-electron chi connectivity index (χ1n) is 5.69. The van der Waals surface area contributed by atoms with Crippen LogP contribution in [0.1, 0.15) is 34.6 Å². The predicted molar refractivity (Wildman–Crippen MR) is 66.4 cm³/mol. The lowest BCUT2D eigenvalue weighted by atomic mass is 10.1. The number of rotatable bonds is 2. The number of nitrogens with zero attached hydrogens (tertiary/aromatic N) is 4. The number of allylic oxidation sites excluding steroid dienone is 1. The van der Waals surface area contributed by atoms with Crippen molar-refractivity contribution < 1.29 is 4.79 Å². The van der Waals surface area contributed by atoms with Crippen LogP contribution < -0.4 is 0 Å². The van der Waals surface area contributed by atoms with Gasteiger partial charge in [0, 0.05) is 11.7 Å². The molecule has 0 aliphatic heterocycles. The summed E-state index contributed by atoms with van der Waals surface area (Å²) in [4.78, 5) is 17.6. The van der Waals surface area contributed by atoms with E-state index < -0.39 is 0 Å². The van der Waals surface area contributed by atoms with E-state index in [1.807, 2.05) is 33.0 Å². The largest absolute Gasteiger partial charge is 0.350 e. The lowest BCUT2D eigenvalue weighted by Gasteiger charge is -2.32. The second-order valence-corrected chi connectivity index (χ2v) is 5.25. The lowest BCUT2D eigenvalue weighted by Crippen LogP contribution is -2.44. The van der Waals surface area contributed by atoms with Crippen molar-refractivity contribution in [3.63, 3.8) is 0 Å². The SMILES string of the molecule is CC(C)/C=C/N(C(=O)n1cncn1)C(C)(C)C. The Morgan fingerprint density at radius 2 is 2.06 bits per heavy atom. The van der Waals surface area contributed by atoms with Gasteiger partial charge in [0.2, 0.25) is 0 Å². The van der Waals surface area contributed by atoms with Gasteiger partial charge in [-0.15, -0.1) is 0 Å². The van der Waals surface area contributed by atoms with Gasteiger partial charge in [-0.25, -0.2) is 9.78 Å². The zero-order valence-corrected chi connectivity index (χ0v) is 11.1. The first-order chi connectivity index (χ1) is 7.82. The molecule has 17 heavy (non-hydrogen) atoms. The molecule has 0 saturated heterocycles. The summed E-state index contributed by atoms with van der Waals surface area (Å²) in [6.07, 6.45) is 6.56. The van der Waals surface area contributed by atoms with Crippen LogP contribution in [-0.4, -0.2) is 31.2 Å². The van der Waals surface area contributed by atoms with Crippen molar-refractivity contribution in [3.8, 4) is 0 Å². The van der Waals surface area contributed by atoms with Gasteiger partial charge in [0.1, 0.15) is 12.7 Å². The number of carbonyl (C=O) groups is 1. The maximum absolute atomic E-state index is 12.2. The number of amides is 1. The normalized spacial score (nSPS) is 12.4. The van der Waals surface area contributed by atoms with Crippen LogP contribution in [0.15, 0.2) is 24.9 Å². The van der Waals surface area contributed by atoms with Crippen LogP contribution in [0.25, 0.3) is 0 Å². The fourth-order valence-corrected chi connectivity index (χ4v) is 1.25. The fraction of sp³-hybridized carbons (Fsp3) is 0.583. The monoisotopic (exact) mass is 236 g/mol. The molecule has 0 N–H and O–H groups in total. The second kappa shape index (κ2) is 5.12. The summed E-state index contributed by atoms with van der Waals surface area (Å²) in [5.41, 5.74) is -0.297. The first-order valence-corrected chi connectivity index (χ1v) is 5.69. The van der Waals surface area contributed by atoms with Crippen molar-refractivity contribution in [2.45, 2.75) is 40.2 Å². The average molecular weight is 236 g/mol. The maximum atomic E-state index is 12.2. The zero-order chi connectivity index (χ0) is 13.1. The van der Waals surface area contributed by atoms with Gasteiger partial charge < -0.3 is 0 Å². The molecule has 0 aliphatic rings. The van der Waals surface area contributed by atoms with Crippen LogP contribution in [-0.2, 0) is 0 Å². The molecule has 0 unspecified atom stereocenters. The summed E-state index contributed by atoms with van der Waals surface area (Å²) in [5, 5.41) is 3.86. The van der Waals surface area contributed by atoms with E-state index in [1.165, 1.54) is 17.3 Å². The fourth-order valence-electron chi connectivity index (χ4n) is 1.25. The minimum atomic E-state index is -0.297. The lowest BCUT2D eigenvalue weighted by molar-refractivity contribution is 0.177. The van der Waals surface area contributed by atoms with Gasteiger partial charge in [0.25, 0.3) is 0 Å². The zero-order valence-electron chi connectivity index (χ0n) is 11.1. The first kappa shape index (κ1) is 13.4. The summed E-state index contributed by atoms with van der Waals surface area (Å²) in [6.45, 7) is 10.1. The third-order valence-electron chi connectivity index (χ3n) is 2.16. The molecule has 0 saturated carbocycles. The average Bonchev–Trinajstić information content (AvgIpc) is 2.67. The molecular weight excluding hydrogens is 216 g/mol. The van der Waals surface area contributed by atoms with E-state index in [4.69, 9.17) is 0 Å². The number of hydrogen-bond acceptors (Lipinski definition) is 3. The Morgan fingerprint density at radius 3 is 2.47 bits per heavy atom. The Bertz CT molecular complexity index is 387. The van der Waals surface area contributed by atoms with Crippen LogP contribution >= 0.6 is 0 Å². The smallest absolute Gasteiger partial charge is 0.294 e. The van der Waals surface area contributed by atoms with E-state index in [0.29, 0.717) is 5.92 Å². The molecule has 0 bridgehead atoms. The molecular formula is C12H20N4O. The third-order valence-corrected chi connectivity index (χ3v) is 2.16.